The molecule has 0 atom stereocenters. The van der Waals surface area contributed by atoms with Crippen LogP contribution in [-0.2, 0) is 6.61 Å². The Bertz CT molecular complexity index is 125. The Balaban J connectivity index is 0.000000490. The molecule has 1 aromatic rings. The Morgan fingerprint density at radius 1 is 1.62 bits per heavy atom. The Hall–Kier alpha value is -0.800. The zero-order valence-corrected chi connectivity index (χ0v) is 4.50. The molecule has 0 aliphatic rings. The van der Waals surface area contributed by atoms with Crippen LogP contribution in [0.3, 0.4) is 0 Å². The quantitative estimate of drug-likeness (QED) is 0.572. The first-order chi connectivity index (χ1) is 3.43. The molecule has 0 saturated heterocycles. The molecule has 0 aliphatic heterocycles. The Morgan fingerprint density at radius 3 is 2.62 bits per heavy atom. The van der Waals surface area contributed by atoms with Crippen LogP contribution in [-0.4, -0.2) is 5.11 Å². The second-order valence-corrected chi connectivity index (χ2v) is 1.24. The third-order valence-electron chi connectivity index (χ3n) is 0.736. The molecule has 1 rings (SSSR count). The summed E-state index contributed by atoms with van der Waals surface area (Å²) in [6.45, 7) is -0.00694. The molecule has 8 heavy (non-hydrogen) atoms. The molecule has 3 heteroatoms. The van der Waals surface area contributed by atoms with Gasteiger partial charge in [-0.05, 0) is 12.1 Å². The van der Waals surface area contributed by atoms with Crippen molar-refractivity contribution in [3.05, 3.63) is 24.2 Å². The van der Waals surface area contributed by atoms with Crippen molar-refractivity contribution in [3.63, 3.8) is 0 Å². The second kappa shape index (κ2) is 3.23. The standard InChI is InChI=1S/C5H6O2.H3N/c6-4-5-2-1-3-7-5;/h1-3,6H,4H2;1H3. The molecule has 1 aromatic heterocycles. The normalized spacial score (nSPS) is 8.12. The molecule has 0 bridgehead atoms. The third-order valence-corrected chi connectivity index (χ3v) is 0.736. The van der Waals surface area contributed by atoms with Crippen molar-refractivity contribution in [2.45, 2.75) is 6.61 Å². The summed E-state index contributed by atoms with van der Waals surface area (Å²) >= 11 is 0. The summed E-state index contributed by atoms with van der Waals surface area (Å²) in [6.07, 6.45) is 1.53. The number of hydrogen-bond acceptors (Lipinski definition) is 3. The zero-order valence-electron chi connectivity index (χ0n) is 4.50. The molecule has 0 spiro atoms. The van der Waals surface area contributed by atoms with E-state index in [-0.39, 0.29) is 12.8 Å². The lowest BCUT2D eigenvalue weighted by atomic mass is 10.5. The van der Waals surface area contributed by atoms with Crippen molar-refractivity contribution in [2.24, 2.45) is 0 Å². The van der Waals surface area contributed by atoms with Crippen LogP contribution in [0, 0.1) is 0 Å². The predicted octanol–water partition coefficient (Wildman–Crippen LogP) is 0.934. The molecule has 46 valence electrons. The number of hydrogen-bond donors (Lipinski definition) is 2. The number of furan rings is 1. The summed E-state index contributed by atoms with van der Waals surface area (Å²) in [5.74, 6) is 0.611. The van der Waals surface area contributed by atoms with Crippen LogP contribution in [0.1, 0.15) is 5.76 Å². The highest BCUT2D eigenvalue weighted by Gasteiger charge is 1.85. The maximum Gasteiger partial charge on any atom is 0.129 e. The molecule has 3 nitrogen and oxygen atoms in total. The third kappa shape index (κ3) is 1.36. The van der Waals surface area contributed by atoms with E-state index in [1.165, 1.54) is 6.26 Å². The van der Waals surface area contributed by atoms with Crippen molar-refractivity contribution in [3.8, 4) is 0 Å². The molecule has 0 aliphatic carbocycles. The van der Waals surface area contributed by atoms with Gasteiger partial charge in [-0.25, -0.2) is 0 Å². The first-order valence-electron chi connectivity index (χ1n) is 2.06. The Morgan fingerprint density at radius 2 is 2.38 bits per heavy atom. The lowest BCUT2D eigenvalue weighted by Crippen LogP contribution is -1.72. The molecule has 0 amide bonds. The summed E-state index contributed by atoms with van der Waals surface area (Å²) in [7, 11) is 0. The van der Waals surface area contributed by atoms with Crippen LogP contribution in [0.5, 0.6) is 0 Å². The fraction of sp³-hybridized carbons (Fsp3) is 0.200. The molecular weight excluding hydrogens is 106 g/mol. The largest absolute Gasteiger partial charge is 0.467 e. The molecule has 1 heterocycles. The predicted molar refractivity (Wildman–Crippen MR) is 29.7 cm³/mol. The smallest absolute Gasteiger partial charge is 0.129 e. The SMILES string of the molecule is N.OCc1ccco1. The number of aliphatic hydroxyl groups excluding tert-OH is 1. The monoisotopic (exact) mass is 115 g/mol. The highest BCUT2D eigenvalue weighted by atomic mass is 16.4. The lowest BCUT2D eigenvalue weighted by molar-refractivity contribution is 0.247. The van der Waals surface area contributed by atoms with E-state index in [1.54, 1.807) is 12.1 Å². The van der Waals surface area contributed by atoms with Gasteiger partial charge in [0.1, 0.15) is 12.4 Å². The van der Waals surface area contributed by atoms with Crippen LogP contribution in [0.2, 0.25) is 0 Å². The van der Waals surface area contributed by atoms with Crippen molar-refractivity contribution >= 4 is 0 Å². The Labute approximate surface area is 47.5 Å². The fourth-order valence-corrected chi connectivity index (χ4v) is 0.403. The summed E-state index contributed by atoms with van der Waals surface area (Å²) in [5.41, 5.74) is 0. The van der Waals surface area contributed by atoms with Crippen LogP contribution >= 0.6 is 0 Å². The van der Waals surface area contributed by atoms with Crippen molar-refractivity contribution in [2.75, 3.05) is 0 Å². The summed E-state index contributed by atoms with van der Waals surface area (Å²) < 4.78 is 4.73. The van der Waals surface area contributed by atoms with Gasteiger partial charge in [0.15, 0.2) is 0 Å². The van der Waals surface area contributed by atoms with E-state index in [0.29, 0.717) is 5.76 Å². The number of rotatable bonds is 1. The van der Waals surface area contributed by atoms with Crippen LogP contribution in [0.4, 0.5) is 0 Å². The van der Waals surface area contributed by atoms with Gasteiger partial charge in [0.2, 0.25) is 0 Å². The van der Waals surface area contributed by atoms with Gasteiger partial charge in [0.05, 0.1) is 6.26 Å². The van der Waals surface area contributed by atoms with Crippen LogP contribution in [0.25, 0.3) is 0 Å². The summed E-state index contributed by atoms with van der Waals surface area (Å²) in [5, 5.41) is 8.33. The average molecular weight is 115 g/mol. The van der Waals surface area contributed by atoms with E-state index in [1.807, 2.05) is 0 Å². The summed E-state index contributed by atoms with van der Waals surface area (Å²) in [6, 6.07) is 3.46. The van der Waals surface area contributed by atoms with Gasteiger partial charge < -0.3 is 15.7 Å². The topological polar surface area (TPSA) is 68.4 Å². The minimum absolute atomic E-state index is 0. The molecule has 0 aromatic carbocycles. The first kappa shape index (κ1) is 7.20. The van der Waals surface area contributed by atoms with E-state index in [2.05, 4.69) is 0 Å². The molecule has 0 unspecified atom stereocenters. The van der Waals surface area contributed by atoms with Crippen LogP contribution < -0.4 is 6.15 Å². The minimum Gasteiger partial charge on any atom is -0.467 e. The van der Waals surface area contributed by atoms with E-state index in [9.17, 15) is 0 Å². The highest BCUT2D eigenvalue weighted by molar-refractivity contribution is 4.95. The van der Waals surface area contributed by atoms with E-state index in [4.69, 9.17) is 9.52 Å². The minimum atomic E-state index is -0.00694. The molecule has 0 fully saturated rings. The van der Waals surface area contributed by atoms with Gasteiger partial charge in [-0.15, -0.1) is 0 Å². The fourth-order valence-electron chi connectivity index (χ4n) is 0.403. The maximum atomic E-state index is 8.33. The van der Waals surface area contributed by atoms with Gasteiger partial charge >= 0.3 is 0 Å². The highest BCUT2D eigenvalue weighted by Crippen LogP contribution is 1.96. The average Bonchev–Trinajstić information content (AvgIpc) is 2.14. The maximum absolute atomic E-state index is 8.33. The lowest BCUT2D eigenvalue weighted by Gasteiger charge is -1.79. The van der Waals surface area contributed by atoms with Gasteiger partial charge in [-0.1, -0.05) is 0 Å². The molecular formula is C5H9NO2. The van der Waals surface area contributed by atoms with Gasteiger partial charge in [0, 0.05) is 0 Å². The van der Waals surface area contributed by atoms with Gasteiger partial charge in [-0.3, -0.25) is 0 Å². The van der Waals surface area contributed by atoms with E-state index < -0.39 is 0 Å². The second-order valence-electron chi connectivity index (χ2n) is 1.24. The molecule has 4 N–H and O–H groups in total. The summed E-state index contributed by atoms with van der Waals surface area (Å²) in [4.78, 5) is 0. The van der Waals surface area contributed by atoms with Gasteiger partial charge in [0.25, 0.3) is 0 Å². The Kier molecular flexibility index (Phi) is 2.91. The number of aliphatic hydroxyl groups is 1. The van der Waals surface area contributed by atoms with E-state index in [0.717, 1.165) is 0 Å². The first-order valence-corrected chi connectivity index (χ1v) is 2.06. The zero-order chi connectivity index (χ0) is 5.11. The van der Waals surface area contributed by atoms with Gasteiger partial charge in [-0.2, -0.15) is 0 Å². The van der Waals surface area contributed by atoms with E-state index >= 15 is 0 Å². The van der Waals surface area contributed by atoms with Crippen LogP contribution in [0.15, 0.2) is 22.8 Å². The van der Waals surface area contributed by atoms with Crippen molar-refractivity contribution in [1.82, 2.24) is 6.15 Å². The van der Waals surface area contributed by atoms with Crippen molar-refractivity contribution in [1.29, 1.82) is 0 Å². The van der Waals surface area contributed by atoms with Crippen molar-refractivity contribution < 1.29 is 9.52 Å². The molecule has 0 saturated carbocycles. The molecule has 0 radical (unpaired) electrons.